The van der Waals surface area contributed by atoms with Gasteiger partial charge in [-0.2, -0.15) is 0 Å². The number of anilines is 1. The first-order valence-corrected chi connectivity index (χ1v) is 9.99. The van der Waals surface area contributed by atoms with Crippen molar-refractivity contribution in [2.75, 3.05) is 12.4 Å². The first-order valence-electron chi connectivity index (χ1n) is 9.11. The number of amides is 1. The zero-order valence-corrected chi connectivity index (χ0v) is 17.0. The highest BCUT2D eigenvalue weighted by atomic mass is 32.2. The van der Waals surface area contributed by atoms with Crippen LogP contribution in [-0.4, -0.2) is 18.3 Å². The van der Waals surface area contributed by atoms with Gasteiger partial charge in [-0.05, 0) is 49.2 Å². The largest absolute Gasteiger partial charge is 0.497 e. The first kappa shape index (κ1) is 19.4. The fourth-order valence-corrected chi connectivity index (χ4v) is 3.88. The minimum atomic E-state index is -0.0565. The number of thioether (sulfide) groups is 1. The third kappa shape index (κ3) is 4.66. The van der Waals surface area contributed by atoms with Crippen LogP contribution in [0.4, 0.5) is 5.69 Å². The molecule has 0 bridgehead atoms. The maximum atomic E-state index is 12.5. The van der Waals surface area contributed by atoms with Crippen molar-refractivity contribution in [2.45, 2.75) is 43.8 Å². The number of benzene rings is 2. The molecule has 1 amide bonds. The van der Waals surface area contributed by atoms with Crippen molar-refractivity contribution in [1.29, 1.82) is 0 Å². The van der Waals surface area contributed by atoms with Gasteiger partial charge in [0.15, 0.2) is 0 Å². The summed E-state index contributed by atoms with van der Waals surface area (Å²) in [4.78, 5) is 13.8. The van der Waals surface area contributed by atoms with Crippen molar-refractivity contribution in [3.63, 3.8) is 0 Å². The van der Waals surface area contributed by atoms with E-state index in [1.807, 2.05) is 43.0 Å². The molecule has 0 fully saturated rings. The van der Waals surface area contributed by atoms with Gasteiger partial charge in [0, 0.05) is 32.8 Å². The molecule has 0 saturated carbocycles. The topological polar surface area (TPSA) is 51.5 Å². The highest BCUT2D eigenvalue weighted by molar-refractivity contribution is 7.99. The molecule has 142 valence electrons. The van der Waals surface area contributed by atoms with Crippen LogP contribution in [0, 0.1) is 6.92 Å². The molecular weight excluding hydrogens is 358 g/mol. The molecule has 3 rings (SSSR count). The van der Waals surface area contributed by atoms with Gasteiger partial charge in [-0.25, -0.2) is 0 Å². The number of ether oxygens (including phenoxy) is 1. The highest BCUT2D eigenvalue weighted by Crippen LogP contribution is 2.29. The van der Waals surface area contributed by atoms with Gasteiger partial charge in [0.2, 0.25) is 5.91 Å². The van der Waals surface area contributed by atoms with E-state index in [0.29, 0.717) is 5.25 Å². The molecule has 27 heavy (non-hydrogen) atoms. The number of methoxy groups -OCH3 is 1. The molecule has 0 aliphatic carbocycles. The van der Waals surface area contributed by atoms with Crippen LogP contribution in [0.15, 0.2) is 52.0 Å². The SMILES string of the molecule is CCC(C)Sc1ccc(NC(=O)Cc2coc3cc(OC)ccc23)c(C)c1. The molecule has 4 nitrogen and oxygen atoms in total. The van der Waals surface area contributed by atoms with Crippen LogP contribution < -0.4 is 10.1 Å². The molecule has 1 aromatic heterocycles. The normalized spacial score (nSPS) is 12.1. The lowest BCUT2D eigenvalue weighted by molar-refractivity contribution is -0.115. The Kier molecular flexibility index (Phi) is 6.11. The third-order valence-corrected chi connectivity index (χ3v) is 5.86. The highest BCUT2D eigenvalue weighted by Gasteiger charge is 2.13. The lowest BCUT2D eigenvalue weighted by atomic mass is 10.1. The molecule has 5 heteroatoms. The first-order chi connectivity index (χ1) is 13.0. The van der Waals surface area contributed by atoms with Crippen molar-refractivity contribution in [2.24, 2.45) is 0 Å². The second-order valence-electron chi connectivity index (χ2n) is 6.66. The van der Waals surface area contributed by atoms with Crippen molar-refractivity contribution in [3.8, 4) is 5.75 Å². The van der Waals surface area contributed by atoms with E-state index in [1.54, 1.807) is 13.4 Å². The minimum Gasteiger partial charge on any atom is -0.497 e. The standard InChI is InChI=1S/C22H25NO3S/c1-5-15(3)27-18-7-9-20(14(2)10-18)23-22(24)11-16-13-26-21-12-17(25-4)6-8-19(16)21/h6-10,12-13,15H,5,11H2,1-4H3,(H,23,24). The Morgan fingerprint density at radius 3 is 2.78 bits per heavy atom. The molecule has 0 spiro atoms. The Labute approximate surface area is 164 Å². The summed E-state index contributed by atoms with van der Waals surface area (Å²) in [5.41, 5.74) is 3.51. The van der Waals surface area contributed by atoms with Crippen molar-refractivity contribution in [1.82, 2.24) is 0 Å². The van der Waals surface area contributed by atoms with Crippen molar-refractivity contribution in [3.05, 3.63) is 53.8 Å². The molecule has 0 radical (unpaired) electrons. The number of rotatable bonds is 7. The number of furan rings is 1. The average molecular weight is 384 g/mol. The molecule has 0 aliphatic rings. The molecular formula is C22H25NO3S. The molecule has 0 saturated heterocycles. The van der Waals surface area contributed by atoms with E-state index in [-0.39, 0.29) is 12.3 Å². The number of fused-ring (bicyclic) bond motifs is 1. The van der Waals surface area contributed by atoms with Gasteiger partial charge in [0.25, 0.3) is 0 Å². The fourth-order valence-electron chi connectivity index (χ4n) is 2.86. The Balaban J connectivity index is 1.69. The van der Waals surface area contributed by atoms with Gasteiger partial charge < -0.3 is 14.5 Å². The predicted octanol–water partition coefficient (Wildman–Crippen LogP) is 5.82. The summed E-state index contributed by atoms with van der Waals surface area (Å²) in [6.45, 7) is 6.44. The molecule has 2 aromatic carbocycles. The molecule has 1 unspecified atom stereocenters. The van der Waals surface area contributed by atoms with Crippen LogP contribution in [0.2, 0.25) is 0 Å². The monoisotopic (exact) mass is 383 g/mol. The molecule has 1 atom stereocenters. The fraction of sp³-hybridized carbons (Fsp3) is 0.318. The Hall–Kier alpha value is -2.40. The summed E-state index contributed by atoms with van der Waals surface area (Å²) in [7, 11) is 1.62. The van der Waals surface area contributed by atoms with E-state index in [2.05, 4.69) is 31.3 Å². The van der Waals surface area contributed by atoms with E-state index >= 15 is 0 Å². The second-order valence-corrected chi connectivity index (χ2v) is 8.17. The van der Waals surface area contributed by atoms with Crippen LogP contribution in [0.1, 0.15) is 31.4 Å². The van der Waals surface area contributed by atoms with Crippen molar-refractivity contribution < 1.29 is 13.9 Å². The number of hydrogen-bond acceptors (Lipinski definition) is 4. The molecule has 1 N–H and O–H groups in total. The van der Waals surface area contributed by atoms with E-state index in [4.69, 9.17) is 9.15 Å². The molecule has 1 heterocycles. The van der Waals surface area contributed by atoms with E-state index < -0.39 is 0 Å². The van der Waals surface area contributed by atoms with Crippen LogP contribution >= 0.6 is 11.8 Å². The minimum absolute atomic E-state index is 0.0565. The quantitative estimate of drug-likeness (QED) is 0.522. The van der Waals surface area contributed by atoms with Crippen LogP contribution in [0.5, 0.6) is 5.75 Å². The predicted molar refractivity (Wildman–Crippen MR) is 112 cm³/mol. The van der Waals surface area contributed by atoms with Gasteiger partial charge in [-0.1, -0.05) is 13.8 Å². The van der Waals surface area contributed by atoms with E-state index in [0.717, 1.165) is 40.0 Å². The van der Waals surface area contributed by atoms with E-state index in [1.165, 1.54) is 4.90 Å². The Morgan fingerprint density at radius 1 is 1.26 bits per heavy atom. The average Bonchev–Trinajstić information content (AvgIpc) is 3.05. The number of aryl methyl sites for hydroxylation is 1. The summed E-state index contributed by atoms with van der Waals surface area (Å²) < 4.78 is 10.8. The lowest BCUT2D eigenvalue weighted by Gasteiger charge is -2.12. The maximum Gasteiger partial charge on any atom is 0.228 e. The zero-order valence-electron chi connectivity index (χ0n) is 16.2. The van der Waals surface area contributed by atoms with Crippen LogP contribution in [0.3, 0.4) is 0 Å². The summed E-state index contributed by atoms with van der Waals surface area (Å²) in [6.07, 6.45) is 3.04. The number of carbonyl (C=O) groups is 1. The number of nitrogens with one attached hydrogen (secondary N) is 1. The maximum absolute atomic E-state index is 12.5. The third-order valence-electron chi connectivity index (χ3n) is 4.60. The van der Waals surface area contributed by atoms with Gasteiger partial charge in [0.1, 0.15) is 11.3 Å². The van der Waals surface area contributed by atoms with Gasteiger partial charge in [-0.15, -0.1) is 11.8 Å². The zero-order chi connectivity index (χ0) is 19.4. The van der Waals surface area contributed by atoms with E-state index in [9.17, 15) is 4.79 Å². The van der Waals surface area contributed by atoms with Gasteiger partial charge in [-0.3, -0.25) is 4.79 Å². The van der Waals surface area contributed by atoms with Crippen LogP contribution in [-0.2, 0) is 11.2 Å². The lowest BCUT2D eigenvalue weighted by Crippen LogP contribution is -2.15. The Morgan fingerprint density at radius 2 is 2.07 bits per heavy atom. The van der Waals surface area contributed by atoms with Crippen LogP contribution in [0.25, 0.3) is 11.0 Å². The smallest absolute Gasteiger partial charge is 0.228 e. The summed E-state index contributed by atoms with van der Waals surface area (Å²) in [5, 5.41) is 4.53. The summed E-state index contributed by atoms with van der Waals surface area (Å²) in [5.74, 6) is 0.678. The summed E-state index contributed by atoms with van der Waals surface area (Å²) >= 11 is 1.86. The second kappa shape index (κ2) is 8.53. The van der Waals surface area contributed by atoms with Gasteiger partial charge in [0.05, 0.1) is 19.8 Å². The van der Waals surface area contributed by atoms with Gasteiger partial charge >= 0.3 is 0 Å². The summed E-state index contributed by atoms with van der Waals surface area (Å²) in [6, 6.07) is 11.8. The molecule has 0 aliphatic heterocycles. The molecule has 3 aromatic rings. The van der Waals surface area contributed by atoms with Crippen molar-refractivity contribution >= 4 is 34.3 Å². The number of hydrogen-bond donors (Lipinski definition) is 1. The Bertz CT molecular complexity index is 948. The number of carbonyl (C=O) groups excluding carboxylic acids is 1.